The first kappa shape index (κ1) is 21.0. The molecule has 4 nitrogen and oxygen atoms in total. The van der Waals surface area contributed by atoms with E-state index in [1.165, 1.54) is 5.56 Å². The summed E-state index contributed by atoms with van der Waals surface area (Å²) in [7, 11) is 3.34. The summed E-state index contributed by atoms with van der Waals surface area (Å²) >= 11 is 6.46. The molecule has 1 heterocycles. The molecule has 5 heteroatoms. The Balaban J connectivity index is 1.96. The first-order valence-corrected chi connectivity index (χ1v) is 10.6. The number of rotatable bonds is 6. The van der Waals surface area contributed by atoms with Gasteiger partial charge in [0.2, 0.25) is 0 Å². The van der Waals surface area contributed by atoms with Crippen LogP contribution in [0.3, 0.4) is 0 Å². The van der Waals surface area contributed by atoms with Gasteiger partial charge in [-0.1, -0.05) is 24.6 Å². The monoisotopic (exact) mass is 432 g/mol. The fourth-order valence-electron chi connectivity index (χ4n) is 3.71. The number of nitrogens with zero attached hydrogens (tertiary/aromatic N) is 2. The Kier molecular flexibility index (Phi) is 6.01. The van der Waals surface area contributed by atoms with Crippen LogP contribution in [0.4, 0.5) is 0 Å². The summed E-state index contributed by atoms with van der Waals surface area (Å²) in [5.41, 5.74) is 7.26. The van der Waals surface area contributed by atoms with E-state index in [1.807, 2.05) is 60.1 Å². The fourth-order valence-corrected chi connectivity index (χ4v) is 3.89. The van der Waals surface area contributed by atoms with Gasteiger partial charge in [-0.2, -0.15) is 5.10 Å². The maximum atomic E-state index is 6.46. The van der Waals surface area contributed by atoms with Crippen molar-refractivity contribution >= 4 is 11.6 Å². The number of halogens is 1. The lowest BCUT2D eigenvalue weighted by molar-refractivity contribution is 0.414. The molecular weight excluding hydrogens is 408 g/mol. The van der Waals surface area contributed by atoms with E-state index in [2.05, 4.69) is 25.1 Å². The van der Waals surface area contributed by atoms with Crippen molar-refractivity contribution in [1.82, 2.24) is 9.78 Å². The summed E-state index contributed by atoms with van der Waals surface area (Å²) in [6, 6.07) is 22.1. The molecule has 0 aliphatic carbocycles. The number of benzene rings is 3. The van der Waals surface area contributed by atoms with Gasteiger partial charge < -0.3 is 9.47 Å². The highest BCUT2D eigenvalue weighted by molar-refractivity contribution is 6.31. The molecule has 0 aliphatic rings. The van der Waals surface area contributed by atoms with Crippen molar-refractivity contribution in [2.45, 2.75) is 20.3 Å². The number of aromatic nitrogens is 2. The summed E-state index contributed by atoms with van der Waals surface area (Å²) in [6.45, 7) is 4.16. The lowest BCUT2D eigenvalue weighted by atomic mass is 9.99. The van der Waals surface area contributed by atoms with Gasteiger partial charge in [0.05, 0.1) is 31.3 Å². The predicted molar refractivity (Wildman–Crippen MR) is 127 cm³/mol. The van der Waals surface area contributed by atoms with Crippen molar-refractivity contribution in [1.29, 1.82) is 0 Å². The standard InChI is InChI=1S/C26H25ClN2O2/c1-5-23-25(18-7-12-21(30-3)13-8-18)28-29(20-11-6-17(2)24(27)16-20)26(23)19-9-14-22(31-4)15-10-19/h6-16H,5H2,1-4H3. The minimum Gasteiger partial charge on any atom is -0.497 e. The molecule has 1 aromatic heterocycles. The van der Waals surface area contributed by atoms with Crippen LogP contribution in [0.15, 0.2) is 66.7 Å². The molecule has 0 amide bonds. The van der Waals surface area contributed by atoms with Crippen LogP contribution < -0.4 is 9.47 Å². The molecular formula is C26H25ClN2O2. The highest BCUT2D eigenvalue weighted by Gasteiger charge is 2.21. The zero-order valence-corrected chi connectivity index (χ0v) is 18.9. The summed E-state index contributed by atoms with van der Waals surface area (Å²) < 4.78 is 12.7. The van der Waals surface area contributed by atoms with Gasteiger partial charge in [-0.3, -0.25) is 0 Å². The average molecular weight is 433 g/mol. The number of hydrogen-bond donors (Lipinski definition) is 0. The summed E-state index contributed by atoms with van der Waals surface area (Å²) in [6.07, 6.45) is 0.836. The van der Waals surface area contributed by atoms with E-state index >= 15 is 0 Å². The summed E-state index contributed by atoms with van der Waals surface area (Å²) in [5, 5.41) is 5.77. The average Bonchev–Trinajstić information content (AvgIpc) is 3.20. The van der Waals surface area contributed by atoms with Gasteiger partial charge in [-0.05, 0) is 79.6 Å². The molecule has 0 saturated carbocycles. The Morgan fingerprint density at radius 2 is 1.42 bits per heavy atom. The van der Waals surface area contributed by atoms with E-state index in [9.17, 15) is 0 Å². The van der Waals surface area contributed by atoms with Crippen molar-refractivity contribution in [3.63, 3.8) is 0 Å². The SMILES string of the molecule is CCc1c(-c2ccc(OC)cc2)nn(-c2ccc(C)c(Cl)c2)c1-c1ccc(OC)cc1. The molecule has 4 rings (SSSR count). The molecule has 4 aromatic rings. The minimum atomic E-state index is 0.720. The largest absolute Gasteiger partial charge is 0.497 e. The second-order valence-corrected chi connectivity index (χ2v) is 7.74. The van der Waals surface area contributed by atoms with Crippen molar-refractivity contribution in [2.75, 3.05) is 14.2 Å². The van der Waals surface area contributed by atoms with Gasteiger partial charge in [0.25, 0.3) is 0 Å². The lowest BCUT2D eigenvalue weighted by Crippen LogP contribution is -2.00. The van der Waals surface area contributed by atoms with Gasteiger partial charge in [0.15, 0.2) is 0 Å². The Morgan fingerprint density at radius 3 is 1.94 bits per heavy atom. The van der Waals surface area contributed by atoms with E-state index in [4.69, 9.17) is 26.2 Å². The third kappa shape index (κ3) is 4.04. The molecule has 0 bridgehead atoms. The van der Waals surface area contributed by atoms with E-state index in [-0.39, 0.29) is 0 Å². The van der Waals surface area contributed by atoms with E-state index in [1.54, 1.807) is 14.2 Å². The van der Waals surface area contributed by atoms with Crippen molar-refractivity contribution in [3.8, 4) is 39.7 Å². The lowest BCUT2D eigenvalue weighted by Gasteiger charge is -2.11. The summed E-state index contributed by atoms with van der Waals surface area (Å²) in [4.78, 5) is 0. The molecule has 0 atom stereocenters. The quantitative estimate of drug-likeness (QED) is 0.338. The van der Waals surface area contributed by atoms with Crippen LogP contribution in [0.25, 0.3) is 28.2 Å². The number of ether oxygens (including phenoxy) is 2. The first-order valence-electron chi connectivity index (χ1n) is 10.2. The molecule has 0 spiro atoms. The van der Waals surface area contributed by atoms with Crippen LogP contribution in [0.1, 0.15) is 18.1 Å². The number of aryl methyl sites for hydroxylation is 1. The van der Waals surface area contributed by atoms with Gasteiger partial charge in [0.1, 0.15) is 11.5 Å². The Morgan fingerprint density at radius 1 is 0.839 bits per heavy atom. The maximum absolute atomic E-state index is 6.46. The van der Waals surface area contributed by atoms with Gasteiger partial charge in [0, 0.05) is 21.7 Å². The molecule has 3 aromatic carbocycles. The first-order chi connectivity index (χ1) is 15.0. The molecule has 0 fully saturated rings. The smallest absolute Gasteiger partial charge is 0.118 e. The number of hydrogen-bond acceptors (Lipinski definition) is 3. The molecule has 158 valence electrons. The van der Waals surface area contributed by atoms with Crippen LogP contribution in [-0.2, 0) is 6.42 Å². The predicted octanol–water partition coefficient (Wildman–Crippen LogP) is 6.75. The number of methoxy groups -OCH3 is 2. The molecule has 0 unspecified atom stereocenters. The Bertz CT molecular complexity index is 1200. The molecule has 31 heavy (non-hydrogen) atoms. The molecule has 0 N–H and O–H groups in total. The van der Waals surface area contributed by atoms with Crippen LogP contribution >= 0.6 is 11.6 Å². The Labute approximate surface area is 188 Å². The molecule has 0 aliphatic heterocycles. The molecule has 0 saturated heterocycles. The summed E-state index contributed by atoms with van der Waals surface area (Å²) in [5.74, 6) is 1.64. The maximum Gasteiger partial charge on any atom is 0.118 e. The van der Waals surface area contributed by atoms with Crippen molar-refractivity contribution < 1.29 is 9.47 Å². The van der Waals surface area contributed by atoms with Gasteiger partial charge in [-0.15, -0.1) is 0 Å². The van der Waals surface area contributed by atoms with E-state index in [0.717, 1.165) is 56.7 Å². The molecule has 0 radical (unpaired) electrons. The second kappa shape index (κ2) is 8.86. The van der Waals surface area contributed by atoms with Crippen LogP contribution in [0, 0.1) is 6.92 Å². The Hall–Kier alpha value is -3.24. The zero-order valence-electron chi connectivity index (χ0n) is 18.1. The highest BCUT2D eigenvalue weighted by Crippen LogP contribution is 2.36. The van der Waals surface area contributed by atoms with E-state index < -0.39 is 0 Å². The van der Waals surface area contributed by atoms with Gasteiger partial charge in [-0.25, -0.2) is 4.68 Å². The van der Waals surface area contributed by atoms with E-state index in [0.29, 0.717) is 0 Å². The van der Waals surface area contributed by atoms with Crippen LogP contribution in [-0.4, -0.2) is 24.0 Å². The second-order valence-electron chi connectivity index (χ2n) is 7.33. The third-order valence-corrected chi connectivity index (χ3v) is 5.87. The van der Waals surface area contributed by atoms with Crippen LogP contribution in [0.5, 0.6) is 11.5 Å². The zero-order chi connectivity index (χ0) is 22.0. The van der Waals surface area contributed by atoms with Gasteiger partial charge >= 0.3 is 0 Å². The van der Waals surface area contributed by atoms with Crippen LogP contribution in [0.2, 0.25) is 5.02 Å². The normalized spacial score (nSPS) is 10.9. The van der Waals surface area contributed by atoms with Crippen molar-refractivity contribution in [3.05, 3.63) is 82.9 Å². The highest BCUT2D eigenvalue weighted by atomic mass is 35.5. The van der Waals surface area contributed by atoms with Crippen molar-refractivity contribution in [2.24, 2.45) is 0 Å². The topological polar surface area (TPSA) is 36.3 Å². The fraction of sp³-hybridized carbons (Fsp3) is 0.192. The minimum absolute atomic E-state index is 0.720. The third-order valence-electron chi connectivity index (χ3n) is 5.46.